The molecule has 0 aromatic carbocycles. The summed E-state index contributed by atoms with van der Waals surface area (Å²) in [4.78, 5) is 2.67. The zero-order valence-corrected chi connectivity index (χ0v) is 14.0. The van der Waals surface area contributed by atoms with Crippen molar-refractivity contribution < 1.29 is 0 Å². The molecule has 0 atom stereocenters. The topological polar surface area (TPSA) is 3.24 Å². The van der Waals surface area contributed by atoms with Gasteiger partial charge in [-0.25, -0.2) is 0 Å². The van der Waals surface area contributed by atoms with Crippen LogP contribution in [0.4, 0.5) is 0 Å². The Hall–Kier alpha value is 0.297. The average Bonchev–Trinajstić information content (AvgIpc) is 2.39. The van der Waals surface area contributed by atoms with Crippen molar-refractivity contribution in [3.05, 3.63) is 11.6 Å². The average molecular weight is 259 g/mol. The number of nitrogens with zero attached hydrogens (tertiary/aromatic N) is 1. The Bertz CT molecular complexity index is 201. The number of hydrogen-bond donors (Lipinski definition) is 0. The second-order valence-electron chi connectivity index (χ2n) is 5.86. The first-order valence-corrected chi connectivity index (χ1v) is 8.62. The summed E-state index contributed by atoms with van der Waals surface area (Å²) >= 11 is 2.23. The van der Waals surface area contributed by atoms with Crippen molar-refractivity contribution in [2.45, 2.75) is 77.2 Å². The Balaban J connectivity index is 3.95. The molecule has 0 unspecified atom stereocenters. The molecule has 19 heavy (non-hydrogen) atoms. The summed E-state index contributed by atoms with van der Waals surface area (Å²) in [6.45, 7) is 10.6. The SMILES string of the molecule is [Li][CH2]/C=C(\C)CN(CCCCCC)CCCCCC. The van der Waals surface area contributed by atoms with E-state index in [1.54, 1.807) is 5.57 Å². The van der Waals surface area contributed by atoms with Gasteiger partial charge in [0, 0.05) is 0 Å². The van der Waals surface area contributed by atoms with Gasteiger partial charge in [0.05, 0.1) is 0 Å². The van der Waals surface area contributed by atoms with E-state index in [4.69, 9.17) is 0 Å². The van der Waals surface area contributed by atoms with E-state index in [1.165, 1.54) is 76.1 Å². The van der Waals surface area contributed by atoms with Gasteiger partial charge in [-0.05, 0) is 0 Å². The molecule has 0 amide bonds. The summed E-state index contributed by atoms with van der Waals surface area (Å²) in [6, 6.07) is 0. The maximum atomic E-state index is 2.67. The minimum atomic E-state index is 1.17. The van der Waals surface area contributed by atoms with Crippen molar-refractivity contribution in [2.75, 3.05) is 19.6 Å². The Labute approximate surface area is 131 Å². The van der Waals surface area contributed by atoms with Gasteiger partial charge in [0.15, 0.2) is 0 Å². The quantitative estimate of drug-likeness (QED) is 0.256. The van der Waals surface area contributed by atoms with E-state index in [2.05, 4.69) is 49.5 Å². The van der Waals surface area contributed by atoms with Crippen molar-refractivity contribution in [3.8, 4) is 0 Å². The molecule has 108 valence electrons. The van der Waals surface area contributed by atoms with Gasteiger partial charge in [0.1, 0.15) is 0 Å². The van der Waals surface area contributed by atoms with Gasteiger partial charge in [-0.2, -0.15) is 0 Å². The molecule has 0 saturated heterocycles. The Morgan fingerprint density at radius 2 is 1.42 bits per heavy atom. The van der Waals surface area contributed by atoms with Gasteiger partial charge in [-0.3, -0.25) is 0 Å². The summed E-state index contributed by atoms with van der Waals surface area (Å²) in [5.74, 6) is 0. The Kier molecular flexibility index (Phi) is 14.9. The standard InChI is InChI=1S/C17H34N.Li/c1-5-8-10-12-14-18(16-17(4)7-3)15-13-11-9-6-2;/h7H,3,5-6,8-16H2,1-2,4H3;/b17-7+;. The predicted molar refractivity (Wildman–Crippen MR) is 89.0 cm³/mol. The molecule has 0 heterocycles. The second-order valence-corrected chi connectivity index (χ2v) is 5.86. The van der Waals surface area contributed by atoms with Gasteiger partial charge in [-0.15, -0.1) is 0 Å². The molecule has 0 spiro atoms. The first kappa shape index (κ1) is 19.3. The molecule has 0 aromatic rings. The molecule has 0 rings (SSSR count). The van der Waals surface area contributed by atoms with Gasteiger partial charge in [-0.1, -0.05) is 0 Å². The third-order valence-electron chi connectivity index (χ3n) is 3.68. The van der Waals surface area contributed by atoms with E-state index in [0.29, 0.717) is 0 Å². The van der Waals surface area contributed by atoms with Gasteiger partial charge in [0.2, 0.25) is 0 Å². The van der Waals surface area contributed by atoms with Crippen LogP contribution in [0.2, 0.25) is 5.09 Å². The monoisotopic (exact) mass is 259 g/mol. The third-order valence-corrected chi connectivity index (χ3v) is 3.68. The Morgan fingerprint density at radius 3 is 1.84 bits per heavy atom. The fourth-order valence-electron chi connectivity index (χ4n) is 2.56. The Morgan fingerprint density at radius 1 is 0.895 bits per heavy atom. The van der Waals surface area contributed by atoms with Crippen molar-refractivity contribution in [1.82, 2.24) is 4.90 Å². The van der Waals surface area contributed by atoms with Crippen LogP contribution < -0.4 is 0 Å². The van der Waals surface area contributed by atoms with Crippen molar-refractivity contribution in [1.29, 1.82) is 0 Å². The van der Waals surface area contributed by atoms with E-state index < -0.39 is 0 Å². The fourth-order valence-corrected chi connectivity index (χ4v) is 2.56. The maximum absolute atomic E-state index is 2.67. The van der Waals surface area contributed by atoms with Crippen molar-refractivity contribution >= 4 is 17.7 Å². The van der Waals surface area contributed by atoms with Crippen LogP contribution in [0.3, 0.4) is 0 Å². The zero-order valence-electron chi connectivity index (χ0n) is 14.0. The first-order valence-electron chi connectivity index (χ1n) is 8.62. The normalized spacial score (nSPS) is 12.4. The van der Waals surface area contributed by atoms with Gasteiger partial charge in [0.25, 0.3) is 0 Å². The van der Waals surface area contributed by atoms with Crippen LogP contribution in [0, 0.1) is 0 Å². The van der Waals surface area contributed by atoms with Crippen LogP contribution in [0.15, 0.2) is 11.6 Å². The molecule has 0 N–H and O–H groups in total. The van der Waals surface area contributed by atoms with Crippen LogP contribution >= 0.6 is 0 Å². The van der Waals surface area contributed by atoms with Crippen LogP contribution in [0.1, 0.15) is 72.1 Å². The molecular formula is C17H34LiN. The van der Waals surface area contributed by atoms with Crippen LogP contribution in [0.5, 0.6) is 0 Å². The summed E-state index contributed by atoms with van der Waals surface area (Å²) in [6.07, 6.45) is 13.4. The predicted octanol–water partition coefficient (Wildman–Crippen LogP) is 4.98. The molecule has 0 aliphatic rings. The number of hydrogen-bond acceptors (Lipinski definition) is 1. The summed E-state index contributed by atoms with van der Waals surface area (Å²) < 4.78 is 0. The second kappa shape index (κ2) is 14.7. The molecule has 2 heteroatoms. The first-order chi connectivity index (χ1) is 9.24. The van der Waals surface area contributed by atoms with Crippen molar-refractivity contribution in [2.24, 2.45) is 0 Å². The van der Waals surface area contributed by atoms with Crippen LogP contribution in [0.25, 0.3) is 0 Å². The molecule has 0 fully saturated rings. The van der Waals surface area contributed by atoms with E-state index >= 15 is 0 Å². The van der Waals surface area contributed by atoms with Crippen molar-refractivity contribution in [3.63, 3.8) is 0 Å². The number of allylic oxidation sites excluding steroid dienone is 1. The van der Waals surface area contributed by atoms with Crippen LogP contribution in [-0.2, 0) is 0 Å². The molecular weight excluding hydrogens is 225 g/mol. The summed E-state index contributed by atoms with van der Waals surface area (Å²) in [5.41, 5.74) is 1.55. The van der Waals surface area contributed by atoms with E-state index in [1.807, 2.05) is 0 Å². The van der Waals surface area contributed by atoms with Gasteiger partial charge >= 0.3 is 131 Å². The minimum absolute atomic E-state index is 1.17. The zero-order chi connectivity index (χ0) is 14.3. The molecule has 0 aliphatic carbocycles. The van der Waals surface area contributed by atoms with Gasteiger partial charge < -0.3 is 0 Å². The summed E-state index contributed by atoms with van der Waals surface area (Å²) in [7, 11) is 0. The summed E-state index contributed by atoms with van der Waals surface area (Å²) in [5, 5.41) is 1.17. The van der Waals surface area contributed by atoms with E-state index in [0.717, 1.165) is 0 Å². The molecule has 0 aromatic heterocycles. The fraction of sp³-hybridized carbons (Fsp3) is 0.882. The number of unbranched alkanes of at least 4 members (excludes halogenated alkanes) is 6. The number of rotatable bonds is 13. The molecule has 0 aliphatic heterocycles. The van der Waals surface area contributed by atoms with E-state index in [-0.39, 0.29) is 0 Å². The molecule has 0 radical (unpaired) electrons. The molecule has 1 nitrogen and oxygen atoms in total. The molecule has 0 bridgehead atoms. The van der Waals surface area contributed by atoms with Crippen LogP contribution in [-0.4, -0.2) is 42.2 Å². The van der Waals surface area contributed by atoms with E-state index in [9.17, 15) is 0 Å². The molecule has 0 saturated carbocycles. The third kappa shape index (κ3) is 13.1.